The molecule has 0 rings (SSSR count). The maximum absolute atomic E-state index is 5.00. The Morgan fingerprint density at radius 2 is 1.50 bits per heavy atom. The Hall–Kier alpha value is 0.560. The van der Waals surface area contributed by atoms with Crippen molar-refractivity contribution in [1.82, 2.24) is 0 Å². The van der Waals surface area contributed by atoms with Gasteiger partial charge in [-0.2, -0.15) is 0 Å². The average molecular weight is 129 g/mol. The highest BCUT2D eigenvalue weighted by molar-refractivity contribution is 7.81. The minimum Gasteiger partial charge on any atom is -0.305 e. The van der Waals surface area contributed by atoms with Gasteiger partial charge in [0.25, 0.3) is 0 Å². The van der Waals surface area contributed by atoms with Crippen LogP contribution in [-0.2, 0) is 0 Å². The first-order chi connectivity index (χ1) is 2.00. The predicted octanol–water partition coefficient (Wildman–Crippen LogP) is -0.0709. The Labute approximate surface area is 49.1 Å². The third kappa shape index (κ3) is 184. The van der Waals surface area contributed by atoms with Crippen molar-refractivity contribution in [3.8, 4) is 0 Å². The van der Waals surface area contributed by atoms with Crippen LogP contribution in [0.25, 0.3) is 0 Å². The molecule has 0 aromatic carbocycles. The van der Waals surface area contributed by atoms with Gasteiger partial charge in [0, 0.05) is 0 Å². The second-order valence-electron chi connectivity index (χ2n) is 1.23. The zero-order valence-corrected chi connectivity index (χ0v) is 5.22. The molecule has 0 saturated heterocycles. The third-order valence-corrected chi connectivity index (χ3v) is 0. The van der Waals surface area contributed by atoms with E-state index in [-0.39, 0.29) is 12.4 Å². The largest absolute Gasteiger partial charge is 0.305 e. The predicted molar refractivity (Wildman–Crippen MR) is 33.0 cm³/mol. The lowest BCUT2D eigenvalue weighted by Gasteiger charge is -2.05. The molecule has 40 valence electrons. The van der Waals surface area contributed by atoms with Crippen molar-refractivity contribution in [2.45, 2.75) is 11.9 Å². The fourth-order valence-corrected chi connectivity index (χ4v) is 0. The van der Waals surface area contributed by atoms with E-state index in [2.05, 4.69) is 12.6 Å². The molecule has 6 heavy (non-hydrogen) atoms. The zero-order chi connectivity index (χ0) is 4.50. The Kier molecular flexibility index (Phi) is 4.37. The van der Waals surface area contributed by atoms with E-state index < -0.39 is 4.99 Å². The van der Waals surface area contributed by atoms with Gasteiger partial charge in [0.15, 0.2) is 0 Å². The maximum Gasteiger partial charge on any atom is 0.106 e. The van der Waals surface area contributed by atoms with Gasteiger partial charge in [0.05, 0.1) is 0 Å². The average Bonchev–Trinajstić information content (AvgIpc) is 0.722. The van der Waals surface area contributed by atoms with Crippen molar-refractivity contribution >= 4 is 25.0 Å². The van der Waals surface area contributed by atoms with Crippen LogP contribution in [0.4, 0.5) is 0 Å². The van der Waals surface area contributed by atoms with Crippen LogP contribution in [0.1, 0.15) is 6.92 Å². The van der Waals surface area contributed by atoms with Gasteiger partial charge >= 0.3 is 0 Å². The second kappa shape index (κ2) is 2.69. The van der Waals surface area contributed by atoms with Crippen molar-refractivity contribution in [2.24, 2.45) is 11.5 Å². The summed E-state index contributed by atoms with van der Waals surface area (Å²) >= 11 is 3.68. The molecular weight excluding hydrogens is 120 g/mol. The van der Waals surface area contributed by atoms with Gasteiger partial charge in [-0.15, -0.1) is 25.0 Å². The van der Waals surface area contributed by atoms with Crippen LogP contribution in [0.3, 0.4) is 0 Å². The molecule has 0 spiro atoms. The van der Waals surface area contributed by atoms with Crippen LogP contribution < -0.4 is 11.5 Å². The van der Waals surface area contributed by atoms with Gasteiger partial charge in [-0.25, -0.2) is 0 Å². The second-order valence-corrected chi connectivity index (χ2v) is 2.19. The van der Waals surface area contributed by atoms with Crippen molar-refractivity contribution < 1.29 is 0 Å². The summed E-state index contributed by atoms with van der Waals surface area (Å²) in [6.07, 6.45) is 0. The summed E-state index contributed by atoms with van der Waals surface area (Å²) in [7, 11) is 0. The molecule has 0 fully saturated rings. The fourth-order valence-electron chi connectivity index (χ4n) is 0. The molecule has 0 aromatic heterocycles. The topological polar surface area (TPSA) is 52.0 Å². The van der Waals surface area contributed by atoms with Crippen LogP contribution in [0.15, 0.2) is 0 Å². The minimum atomic E-state index is -0.806. The van der Waals surface area contributed by atoms with Crippen LogP contribution >= 0.6 is 25.0 Å². The van der Waals surface area contributed by atoms with E-state index in [1.807, 2.05) is 0 Å². The molecule has 0 saturated carbocycles. The maximum atomic E-state index is 5.00. The molecule has 0 amide bonds. The third-order valence-electron chi connectivity index (χ3n) is 0. The molecule has 0 aliphatic heterocycles. The van der Waals surface area contributed by atoms with E-state index in [9.17, 15) is 0 Å². The standard InChI is InChI=1S/C2H8N2S.ClH/c1-2(3,4)5;/h5H,3-4H2,1H3;1H. The summed E-state index contributed by atoms with van der Waals surface area (Å²) in [6, 6.07) is 0. The van der Waals surface area contributed by atoms with Gasteiger partial charge in [0.1, 0.15) is 4.99 Å². The van der Waals surface area contributed by atoms with Crippen LogP contribution in [0, 0.1) is 0 Å². The molecular formula is C2H9ClN2S. The zero-order valence-electron chi connectivity index (χ0n) is 3.51. The Bertz CT molecular complexity index is 27.0. The lowest BCUT2D eigenvalue weighted by atomic mass is 10.6. The molecule has 0 heterocycles. The summed E-state index contributed by atoms with van der Waals surface area (Å²) in [6.45, 7) is 1.61. The summed E-state index contributed by atoms with van der Waals surface area (Å²) in [4.78, 5) is -0.806. The highest BCUT2D eigenvalue weighted by Crippen LogP contribution is 1.88. The molecule has 0 atom stereocenters. The molecule has 0 aliphatic rings. The van der Waals surface area contributed by atoms with Gasteiger partial charge in [-0.3, -0.25) is 0 Å². The quantitative estimate of drug-likeness (QED) is 0.316. The minimum absolute atomic E-state index is 0. The lowest BCUT2D eigenvalue weighted by Crippen LogP contribution is -2.39. The lowest BCUT2D eigenvalue weighted by molar-refractivity contribution is 0.725. The van der Waals surface area contributed by atoms with Crippen molar-refractivity contribution in [2.75, 3.05) is 0 Å². The van der Waals surface area contributed by atoms with Crippen LogP contribution in [0.5, 0.6) is 0 Å². The summed E-state index contributed by atoms with van der Waals surface area (Å²) in [5, 5.41) is 0. The highest BCUT2D eigenvalue weighted by Gasteiger charge is 1.97. The van der Waals surface area contributed by atoms with Gasteiger partial charge < -0.3 is 11.5 Å². The van der Waals surface area contributed by atoms with E-state index >= 15 is 0 Å². The molecule has 0 unspecified atom stereocenters. The van der Waals surface area contributed by atoms with E-state index in [0.29, 0.717) is 0 Å². The van der Waals surface area contributed by atoms with E-state index in [1.54, 1.807) is 6.92 Å². The SMILES string of the molecule is CC(N)(N)S.Cl. The number of halogens is 1. The first kappa shape index (κ1) is 9.75. The Balaban J connectivity index is 0. The van der Waals surface area contributed by atoms with Crippen molar-refractivity contribution in [1.29, 1.82) is 0 Å². The molecule has 0 aliphatic carbocycles. The Morgan fingerprint density at radius 1 is 1.50 bits per heavy atom. The summed E-state index contributed by atoms with van der Waals surface area (Å²) < 4.78 is 0. The number of rotatable bonds is 0. The number of hydrogen-bond acceptors (Lipinski definition) is 3. The van der Waals surface area contributed by atoms with Crippen LogP contribution in [-0.4, -0.2) is 4.99 Å². The number of hydrogen-bond donors (Lipinski definition) is 3. The Morgan fingerprint density at radius 3 is 1.50 bits per heavy atom. The van der Waals surface area contributed by atoms with Gasteiger partial charge in [0.2, 0.25) is 0 Å². The first-order valence-corrected chi connectivity index (χ1v) is 1.75. The number of thiol groups is 1. The van der Waals surface area contributed by atoms with Gasteiger partial charge in [-0.1, -0.05) is 0 Å². The van der Waals surface area contributed by atoms with E-state index in [4.69, 9.17) is 11.5 Å². The fraction of sp³-hybridized carbons (Fsp3) is 1.00. The molecule has 4 N–H and O–H groups in total. The number of nitrogens with two attached hydrogens (primary N) is 2. The monoisotopic (exact) mass is 128 g/mol. The molecule has 0 aromatic rings. The van der Waals surface area contributed by atoms with Crippen LogP contribution in [0.2, 0.25) is 0 Å². The van der Waals surface area contributed by atoms with Gasteiger partial charge in [-0.05, 0) is 6.92 Å². The molecule has 2 nitrogen and oxygen atoms in total. The van der Waals surface area contributed by atoms with E-state index in [0.717, 1.165) is 0 Å². The molecule has 4 heteroatoms. The summed E-state index contributed by atoms with van der Waals surface area (Å²) in [5.74, 6) is 0. The van der Waals surface area contributed by atoms with E-state index in [1.165, 1.54) is 0 Å². The smallest absolute Gasteiger partial charge is 0.106 e. The van der Waals surface area contributed by atoms with Crippen molar-refractivity contribution in [3.63, 3.8) is 0 Å². The summed E-state index contributed by atoms with van der Waals surface area (Å²) in [5.41, 5.74) is 9.99. The molecule has 0 bridgehead atoms. The van der Waals surface area contributed by atoms with Crippen molar-refractivity contribution in [3.05, 3.63) is 0 Å². The first-order valence-electron chi connectivity index (χ1n) is 1.30. The highest BCUT2D eigenvalue weighted by atomic mass is 35.5. The normalized spacial score (nSPS) is 10.0. The molecule has 0 radical (unpaired) electrons.